The van der Waals surface area contributed by atoms with Crippen molar-refractivity contribution in [3.05, 3.63) is 114 Å². The van der Waals surface area contributed by atoms with Gasteiger partial charge in [0.15, 0.2) is 0 Å². The highest BCUT2D eigenvalue weighted by Crippen LogP contribution is 2.59. The lowest BCUT2D eigenvalue weighted by Gasteiger charge is -2.19. The highest BCUT2D eigenvalue weighted by Gasteiger charge is 2.60. The minimum atomic E-state index is -0.239. The van der Waals surface area contributed by atoms with E-state index in [2.05, 4.69) is 72.0 Å². The van der Waals surface area contributed by atoms with Crippen LogP contribution < -0.4 is 5.32 Å². The average Bonchev–Trinajstić information content (AvgIpc) is 3.53. The van der Waals surface area contributed by atoms with Gasteiger partial charge in [-0.25, -0.2) is 0 Å². The van der Waals surface area contributed by atoms with E-state index in [0.29, 0.717) is 0 Å². The molecule has 0 aliphatic heterocycles. The smallest absolute Gasteiger partial charge is 0.228 e. The Balaban J connectivity index is 1.50. The summed E-state index contributed by atoms with van der Waals surface area (Å²) in [5, 5.41) is 5.41. The first kappa shape index (κ1) is 16.8. The van der Waals surface area contributed by atoms with Crippen molar-refractivity contribution < 1.29 is 4.79 Å². The number of benzene rings is 4. The molecule has 0 unspecified atom stereocenters. The van der Waals surface area contributed by atoms with E-state index in [1.165, 1.54) is 11.1 Å². The molecule has 1 saturated carbocycles. The Bertz CT molecular complexity index is 1090. The number of hydrogen-bond donors (Lipinski definition) is 1. The molecular formula is C26H21NO. The first-order valence-corrected chi connectivity index (χ1v) is 9.69. The van der Waals surface area contributed by atoms with Crippen molar-refractivity contribution in [1.82, 2.24) is 0 Å². The van der Waals surface area contributed by atoms with Crippen LogP contribution in [-0.4, -0.2) is 5.91 Å². The van der Waals surface area contributed by atoms with E-state index in [9.17, 15) is 4.79 Å². The van der Waals surface area contributed by atoms with Gasteiger partial charge in [0.05, 0.1) is 5.92 Å². The van der Waals surface area contributed by atoms with Gasteiger partial charge in [0.1, 0.15) is 0 Å². The van der Waals surface area contributed by atoms with Crippen molar-refractivity contribution in [2.75, 3.05) is 5.32 Å². The van der Waals surface area contributed by atoms with Gasteiger partial charge in [-0.1, -0.05) is 97.1 Å². The standard InChI is InChI=1S/C26H21NO/c28-25(27-24-17-9-11-19-10-7-8-16-22(19)24)23-18-26(23,20-12-3-1-4-13-20)21-14-5-2-6-15-21/h1-17,23H,18H2,(H,27,28)/t23-/m0/s1. The highest BCUT2D eigenvalue weighted by atomic mass is 16.2. The number of fused-ring (bicyclic) bond motifs is 1. The quantitative estimate of drug-likeness (QED) is 0.489. The summed E-state index contributed by atoms with van der Waals surface area (Å²) in [4.78, 5) is 13.3. The first-order chi connectivity index (χ1) is 13.8. The Labute approximate surface area is 164 Å². The number of carbonyl (C=O) groups excluding carboxylic acids is 1. The minimum Gasteiger partial charge on any atom is -0.325 e. The Morgan fingerprint density at radius 1 is 0.714 bits per heavy atom. The maximum Gasteiger partial charge on any atom is 0.228 e. The van der Waals surface area contributed by atoms with Crippen LogP contribution in [0.25, 0.3) is 10.8 Å². The van der Waals surface area contributed by atoms with Crippen molar-refractivity contribution in [3.63, 3.8) is 0 Å². The zero-order valence-electron chi connectivity index (χ0n) is 15.5. The van der Waals surface area contributed by atoms with Crippen molar-refractivity contribution in [2.24, 2.45) is 5.92 Å². The molecule has 0 radical (unpaired) electrons. The maximum absolute atomic E-state index is 13.3. The second kappa shape index (κ2) is 6.65. The van der Waals surface area contributed by atoms with Crippen LogP contribution in [0.5, 0.6) is 0 Å². The Kier molecular flexibility index (Phi) is 3.98. The van der Waals surface area contributed by atoms with E-state index in [4.69, 9.17) is 0 Å². The highest BCUT2D eigenvalue weighted by molar-refractivity contribution is 6.04. The molecule has 4 aromatic carbocycles. The number of nitrogens with one attached hydrogen (secondary N) is 1. The largest absolute Gasteiger partial charge is 0.325 e. The topological polar surface area (TPSA) is 29.1 Å². The van der Waals surface area contributed by atoms with Gasteiger partial charge in [-0.05, 0) is 29.0 Å². The second-order valence-electron chi connectivity index (χ2n) is 7.48. The molecule has 2 nitrogen and oxygen atoms in total. The predicted molar refractivity (Wildman–Crippen MR) is 114 cm³/mol. The molecule has 0 aromatic heterocycles. The van der Waals surface area contributed by atoms with Gasteiger partial charge < -0.3 is 5.32 Å². The van der Waals surface area contributed by atoms with Gasteiger partial charge in [-0.3, -0.25) is 4.79 Å². The maximum atomic E-state index is 13.3. The zero-order chi connectivity index (χ0) is 19.0. The molecule has 136 valence electrons. The summed E-state index contributed by atoms with van der Waals surface area (Å²) in [6.45, 7) is 0. The van der Waals surface area contributed by atoms with Crippen LogP contribution in [0.2, 0.25) is 0 Å². The molecule has 0 spiro atoms. The molecule has 1 aliphatic rings. The third kappa shape index (κ3) is 2.69. The van der Waals surface area contributed by atoms with Crippen LogP contribution in [0, 0.1) is 5.92 Å². The van der Waals surface area contributed by atoms with Crippen LogP contribution in [0.4, 0.5) is 5.69 Å². The number of carbonyl (C=O) groups is 1. The molecule has 0 heterocycles. The van der Waals surface area contributed by atoms with E-state index in [1.807, 2.05) is 36.4 Å². The first-order valence-electron chi connectivity index (χ1n) is 9.69. The molecule has 1 atom stereocenters. The lowest BCUT2D eigenvalue weighted by molar-refractivity contribution is -0.117. The van der Waals surface area contributed by atoms with Crippen LogP contribution in [0.15, 0.2) is 103 Å². The van der Waals surface area contributed by atoms with Gasteiger partial charge in [-0.2, -0.15) is 0 Å². The van der Waals surface area contributed by atoms with Gasteiger partial charge in [0.2, 0.25) is 5.91 Å². The lowest BCUT2D eigenvalue weighted by atomic mass is 9.85. The second-order valence-corrected chi connectivity index (χ2v) is 7.48. The Hall–Kier alpha value is -3.39. The van der Waals surface area contributed by atoms with E-state index < -0.39 is 0 Å². The van der Waals surface area contributed by atoms with E-state index in [1.54, 1.807) is 0 Å². The van der Waals surface area contributed by atoms with Crippen molar-refractivity contribution in [2.45, 2.75) is 11.8 Å². The summed E-state index contributed by atoms with van der Waals surface area (Å²) >= 11 is 0. The van der Waals surface area contributed by atoms with Gasteiger partial charge in [0.25, 0.3) is 0 Å². The Morgan fingerprint density at radius 3 is 1.96 bits per heavy atom. The fraction of sp³-hybridized carbons (Fsp3) is 0.115. The van der Waals surface area contributed by atoms with Crippen molar-refractivity contribution in [3.8, 4) is 0 Å². The molecule has 0 saturated heterocycles. The molecule has 4 aromatic rings. The van der Waals surface area contributed by atoms with Crippen LogP contribution >= 0.6 is 0 Å². The normalized spacial score (nSPS) is 17.2. The average molecular weight is 363 g/mol. The Morgan fingerprint density at radius 2 is 1.29 bits per heavy atom. The fourth-order valence-corrected chi connectivity index (χ4v) is 4.41. The number of rotatable bonds is 4. The van der Waals surface area contributed by atoms with Crippen LogP contribution in [0.3, 0.4) is 0 Å². The lowest BCUT2D eigenvalue weighted by Crippen LogP contribution is -2.22. The van der Waals surface area contributed by atoms with Gasteiger partial charge in [0, 0.05) is 16.5 Å². The summed E-state index contributed by atoms with van der Waals surface area (Å²) in [7, 11) is 0. The van der Waals surface area contributed by atoms with Crippen molar-refractivity contribution >= 4 is 22.4 Å². The number of amides is 1. The molecule has 1 N–H and O–H groups in total. The summed E-state index contributed by atoms with van der Waals surface area (Å²) in [5.41, 5.74) is 3.06. The van der Waals surface area contributed by atoms with E-state index >= 15 is 0 Å². The molecule has 28 heavy (non-hydrogen) atoms. The molecule has 1 amide bonds. The predicted octanol–water partition coefficient (Wildman–Crippen LogP) is 5.78. The molecule has 1 aliphatic carbocycles. The number of hydrogen-bond acceptors (Lipinski definition) is 1. The van der Waals surface area contributed by atoms with E-state index in [0.717, 1.165) is 22.9 Å². The molecular weight excluding hydrogens is 342 g/mol. The summed E-state index contributed by atoms with van der Waals surface area (Å²) < 4.78 is 0. The molecule has 1 fully saturated rings. The monoisotopic (exact) mass is 363 g/mol. The van der Waals surface area contributed by atoms with Crippen molar-refractivity contribution in [1.29, 1.82) is 0 Å². The fourth-order valence-electron chi connectivity index (χ4n) is 4.41. The van der Waals surface area contributed by atoms with Crippen LogP contribution in [0.1, 0.15) is 17.5 Å². The summed E-state index contributed by atoms with van der Waals surface area (Å²) in [6, 6.07) is 35.0. The number of anilines is 1. The van der Waals surface area contributed by atoms with Gasteiger partial charge in [-0.15, -0.1) is 0 Å². The van der Waals surface area contributed by atoms with E-state index in [-0.39, 0.29) is 17.2 Å². The third-order valence-electron chi connectivity index (χ3n) is 5.90. The molecule has 2 heteroatoms. The van der Waals surface area contributed by atoms with Crippen LogP contribution in [-0.2, 0) is 10.2 Å². The minimum absolute atomic E-state index is 0.0729. The molecule has 0 bridgehead atoms. The SMILES string of the molecule is O=C(Nc1cccc2ccccc12)[C@@H]1CC1(c1ccccc1)c1ccccc1. The summed E-state index contributed by atoms with van der Waals surface area (Å²) in [5.74, 6) is 0.0142. The zero-order valence-corrected chi connectivity index (χ0v) is 15.5. The van der Waals surface area contributed by atoms with Gasteiger partial charge >= 0.3 is 0 Å². The third-order valence-corrected chi connectivity index (χ3v) is 5.90. The molecule has 5 rings (SSSR count). The summed E-state index contributed by atoms with van der Waals surface area (Å²) in [6.07, 6.45) is 0.831.